The minimum Gasteiger partial charge on any atom is -0.393 e. The molecule has 1 saturated heterocycles. The number of hydrogen-bond acceptors (Lipinski definition) is 5. The lowest BCUT2D eigenvalue weighted by molar-refractivity contribution is -0.147. The maximum atomic E-state index is 12.3. The van der Waals surface area contributed by atoms with Gasteiger partial charge in [0.25, 0.3) is 5.91 Å². The van der Waals surface area contributed by atoms with Crippen LogP contribution >= 0.6 is 0 Å². The van der Waals surface area contributed by atoms with Crippen molar-refractivity contribution >= 4 is 17.5 Å². The van der Waals surface area contributed by atoms with Crippen LogP contribution in [0.4, 0.5) is 0 Å². The summed E-state index contributed by atoms with van der Waals surface area (Å²) in [7, 11) is 0. The third-order valence-corrected chi connectivity index (χ3v) is 5.46. The molecule has 4 aliphatic rings. The first-order valence-corrected chi connectivity index (χ1v) is 8.57. The Hall–Kier alpha value is -1.63. The van der Waals surface area contributed by atoms with Gasteiger partial charge in [0.1, 0.15) is 11.3 Å². The maximum Gasteiger partial charge on any atom is 0.269 e. The van der Waals surface area contributed by atoms with Gasteiger partial charge >= 0.3 is 0 Å². The van der Waals surface area contributed by atoms with Crippen molar-refractivity contribution in [2.45, 2.75) is 62.7 Å². The van der Waals surface area contributed by atoms with E-state index in [0.29, 0.717) is 56.9 Å². The minimum absolute atomic E-state index is 0.0142. The Morgan fingerprint density at radius 3 is 2.57 bits per heavy atom. The van der Waals surface area contributed by atoms with E-state index in [1.165, 1.54) is 0 Å². The Kier molecular flexibility index (Phi) is 3.55. The fourth-order valence-electron chi connectivity index (χ4n) is 3.59. The molecule has 2 heterocycles. The highest BCUT2D eigenvalue weighted by molar-refractivity contribution is 6.39. The van der Waals surface area contributed by atoms with Gasteiger partial charge in [0.05, 0.1) is 6.10 Å². The second-order valence-electron chi connectivity index (χ2n) is 7.38. The summed E-state index contributed by atoms with van der Waals surface area (Å²) in [5.74, 6) is 0.0294. The fraction of sp³-hybridized carbons (Fsp3) is 0.812. The normalized spacial score (nSPS) is 32.0. The Bertz CT molecular complexity index is 544. The molecule has 0 aromatic rings. The Balaban J connectivity index is 1.28. The Labute approximate surface area is 135 Å². The first-order chi connectivity index (χ1) is 11.0. The minimum atomic E-state index is -0.411. The van der Waals surface area contributed by atoms with E-state index in [-0.39, 0.29) is 23.8 Å². The monoisotopic (exact) mass is 321 g/mol. The number of hydrogen-bond donors (Lipinski definition) is 2. The molecule has 2 aliphatic carbocycles. The number of aliphatic hydroxyl groups excluding tert-OH is 1. The summed E-state index contributed by atoms with van der Waals surface area (Å²) < 4.78 is 0. The third-order valence-electron chi connectivity index (χ3n) is 5.46. The van der Waals surface area contributed by atoms with Gasteiger partial charge in [0.2, 0.25) is 5.91 Å². The van der Waals surface area contributed by atoms with Gasteiger partial charge in [0.15, 0.2) is 0 Å². The number of likely N-dealkylation sites (tertiary alicyclic amines) is 1. The molecular formula is C16H23N3O4. The second kappa shape index (κ2) is 5.47. The van der Waals surface area contributed by atoms with Crippen LogP contribution in [0.3, 0.4) is 0 Å². The van der Waals surface area contributed by atoms with E-state index in [1.807, 2.05) is 4.90 Å². The molecule has 7 heteroatoms. The standard InChI is InChI=1S/C16H23N3O4/c20-12-7-10(8-12)15(22)19-5-3-16(4-6-19)9-13(18-23-16)14(21)17-11-1-2-11/h10-12,20H,1-9H2,(H,17,21). The largest absolute Gasteiger partial charge is 0.393 e. The number of oxime groups is 1. The number of amides is 2. The topological polar surface area (TPSA) is 91.2 Å². The molecule has 2 amide bonds. The molecule has 1 spiro atoms. The fourth-order valence-corrected chi connectivity index (χ4v) is 3.59. The van der Waals surface area contributed by atoms with Gasteiger partial charge in [-0.1, -0.05) is 5.16 Å². The molecule has 4 rings (SSSR count). The van der Waals surface area contributed by atoms with E-state index < -0.39 is 5.60 Å². The average molecular weight is 321 g/mol. The van der Waals surface area contributed by atoms with E-state index in [9.17, 15) is 14.7 Å². The molecule has 0 radical (unpaired) electrons. The Morgan fingerprint density at radius 2 is 1.96 bits per heavy atom. The molecule has 2 N–H and O–H groups in total. The first-order valence-electron chi connectivity index (χ1n) is 8.57. The van der Waals surface area contributed by atoms with Crippen molar-refractivity contribution in [2.24, 2.45) is 11.1 Å². The van der Waals surface area contributed by atoms with E-state index in [1.54, 1.807) is 0 Å². The van der Waals surface area contributed by atoms with Gasteiger partial charge in [-0.3, -0.25) is 9.59 Å². The van der Waals surface area contributed by atoms with Crippen molar-refractivity contribution in [1.29, 1.82) is 0 Å². The van der Waals surface area contributed by atoms with Crippen LogP contribution in [0.25, 0.3) is 0 Å². The number of nitrogens with one attached hydrogen (secondary N) is 1. The summed E-state index contributed by atoms with van der Waals surface area (Å²) in [5.41, 5.74) is 0.0744. The molecule has 2 saturated carbocycles. The van der Waals surface area contributed by atoms with E-state index in [2.05, 4.69) is 10.5 Å². The quantitative estimate of drug-likeness (QED) is 0.775. The number of carbonyl (C=O) groups excluding carboxylic acids is 2. The van der Waals surface area contributed by atoms with Crippen LogP contribution in [-0.2, 0) is 14.4 Å². The number of carbonyl (C=O) groups is 2. The van der Waals surface area contributed by atoms with Crippen LogP contribution in [0.2, 0.25) is 0 Å². The van der Waals surface area contributed by atoms with E-state index in [4.69, 9.17) is 4.84 Å². The van der Waals surface area contributed by atoms with Crippen molar-refractivity contribution in [3.8, 4) is 0 Å². The molecule has 126 valence electrons. The van der Waals surface area contributed by atoms with Crippen LogP contribution in [-0.4, -0.2) is 58.4 Å². The van der Waals surface area contributed by atoms with Crippen LogP contribution in [0.5, 0.6) is 0 Å². The lowest BCUT2D eigenvalue weighted by atomic mass is 9.80. The molecule has 2 aliphatic heterocycles. The number of nitrogens with zero attached hydrogens (tertiary/aromatic N) is 2. The van der Waals surface area contributed by atoms with Crippen molar-refractivity contribution < 1.29 is 19.5 Å². The molecule has 0 atom stereocenters. The van der Waals surface area contributed by atoms with E-state index >= 15 is 0 Å². The van der Waals surface area contributed by atoms with Gasteiger partial charge in [-0.25, -0.2) is 0 Å². The van der Waals surface area contributed by atoms with Crippen LogP contribution in [0.1, 0.15) is 44.9 Å². The van der Waals surface area contributed by atoms with Gasteiger partial charge in [-0.2, -0.15) is 0 Å². The zero-order valence-electron chi connectivity index (χ0n) is 13.2. The summed E-state index contributed by atoms with van der Waals surface area (Å²) >= 11 is 0. The zero-order valence-corrected chi connectivity index (χ0v) is 13.2. The smallest absolute Gasteiger partial charge is 0.269 e. The van der Waals surface area contributed by atoms with Gasteiger partial charge < -0.3 is 20.2 Å². The van der Waals surface area contributed by atoms with Gasteiger partial charge in [0, 0.05) is 44.3 Å². The summed E-state index contributed by atoms with van der Waals surface area (Å²) in [5, 5.41) is 16.3. The summed E-state index contributed by atoms with van der Waals surface area (Å²) in [4.78, 5) is 31.8. The highest BCUT2D eigenvalue weighted by atomic mass is 16.7. The molecule has 0 unspecified atom stereocenters. The van der Waals surface area contributed by atoms with Crippen LogP contribution < -0.4 is 5.32 Å². The van der Waals surface area contributed by atoms with Gasteiger partial charge in [-0.05, 0) is 25.7 Å². The molecule has 3 fully saturated rings. The number of aliphatic hydroxyl groups is 1. The Morgan fingerprint density at radius 1 is 1.26 bits per heavy atom. The summed E-state index contributed by atoms with van der Waals surface area (Å²) in [6, 6.07) is 0.319. The highest BCUT2D eigenvalue weighted by Gasteiger charge is 2.46. The predicted octanol–water partition coefficient (Wildman–Crippen LogP) is 0.173. The zero-order chi connectivity index (χ0) is 16.0. The number of piperidine rings is 1. The lowest BCUT2D eigenvalue weighted by Crippen LogP contribution is -2.51. The number of rotatable bonds is 3. The lowest BCUT2D eigenvalue weighted by Gasteiger charge is -2.40. The molecule has 0 aromatic carbocycles. The van der Waals surface area contributed by atoms with Crippen molar-refractivity contribution in [3.63, 3.8) is 0 Å². The van der Waals surface area contributed by atoms with Gasteiger partial charge in [-0.15, -0.1) is 0 Å². The third kappa shape index (κ3) is 2.94. The molecule has 23 heavy (non-hydrogen) atoms. The predicted molar refractivity (Wildman–Crippen MR) is 81.6 cm³/mol. The second-order valence-corrected chi connectivity index (χ2v) is 7.38. The summed E-state index contributed by atoms with van der Waals surface area (Å²) in [6.07, 6.45) is 4.93. The molecule has 7 nitrogen and oxygen atoms in total. The van der Waals surface area contributed by atoms with Crippen molar-refractivity contribution in [3.05, 3.63) is 0 Å². The molecule has 0 bridgehead atoms. The molecular weight excluding hydrogens is 298 g/mol. The van der Waals surface area contributed by atoms with Crippen LogP contribution in [0.15, 0.2) is 5.16 Å². The SMILES string of the molecule is O=C(NC1CC1)C1=NOC2(CCN(C(=O)C3CC(O)C3)CC2)C1. The molecule has 0 aromatic heterocycles. The average Bonchev–Trinajstić information content (AvgIpc) is 3.23. The maximum absolute atomic E-state index is 12.3. The first kappa shape index (κ1) is 14.9. The van der Waals surface area contributed by atoms with Crippen molar-refractivity contribution in [2.75, 3.05) is 13.1 Å². The van der Waals surface area contributed by atoms with Crippen molar-refractivity contribution in [1.82, 2.24) is 10.2 Å². The van der Waals surface area contributed by atoms with E-state index in [0.717, 1.165) is 12.8 Å². The van der Waals surface area contributed by atoms with Crippen LogP contribution in [0, 0.1) is 5.92 Å². The highest BCUT2D eigenvalue weighted by Crippen LogP contribution is 2.37. The summed E-state index contributed by atoms with van der Waals surface area (Å²) in [6.45, 7) is 1.27.